The molecule has 6 heteroatoms. The smallest absolute Gasteiger partial charge is 0.311 e. The Bertz CT molecular complexity index is 895. The molecule has 1 aliphatic heterocycles. The number of carbonyl (C=O) groups is 3. The molecule has 1 fully saturated rings. The molecule has 152 valence electrons. The van der Waals surface area contributed by atoms with Gasteiger partial charge in [-0.2, -0.15) is 0 Å². The van der Waals surface area contributed by atoms with Crippen LogP contribution in [0.25, 0.3) is 0 Å². The molecule has 2 aromatic rings. The first-order chi connectivity index (χ1) is 13.9. The average Bonchev–Trinajstić information content (AvgIpc) is 3.09. The van der Waals surface area contributed by atoms with E-state index in [1.165, 1.54) is 0 Å². The Balaban J connectivity index is 1.43. The predicted molar refractivity (Wildman–Crippen MR) is 110 cm³/mol. The highest BCUT2D eigenvalue weighted by molar-refractivity contribution is 5.93. The molecule has 0 radical (unpaired) electrons. The number of nitrogens with zero attached hydrogens (tertiary/aromatic N) is 1. The standard InChI is InChI=1S/C23H26N2O4/c1-16-8-9-20(12-17(16)2)24-21(26)15-29-23(28)19-13-22(27)25(14-19)11-10-18-6-4-3-5-7-18/h3-9,12,19H,10-11,13-15H2,1-2H3,(H,24,26)/t19-/m1/s1. The van der Waals surface area contributed by atoms with Gasteiger partial charge in [-0.25, -0.2) is 0 Å². The van der Waals surface area contributed by atoms with Gasteiger partial charge in [0, 0.05) is 25.2 Å². The van der Waals surface area contributed by atoms with Gasteiger partial charge in [0.1, 0.15) is 0 Å². The summed E-state index contributed by atoms with van der Waals surface area (Å²) < 4.78 is 5.14. The van der Waals surface area contributed by atoms with Crippen LogP contribution >= 0.6 is 0 Å². The molecule has 0 unspecified atom stereocenters. The number of ether oxygens (including phenoxy) is 1. The minimum atomic E-state index is -0.521. The number of nitrogens with one attached hydrogen (secondary N) is 1. The van der Waals surface area contributed by atoms with E-state index < -0.39 is 17.8 Å². The fraction of sp³-hybridized carbons (Fsp3) is 0.348. The molecule has 0 bridgehead atoms. The molecule has 0 aromatic heterocycles. The van der Waals surface area contributed by atoms with Gasteiger partial charge < -0.3 is 15.0 Å². The van der Waals surface area contributed by atoms with Crippen LogP contribution in [0.3, 0.4) is 0 Å². The molecular weight excluding hydrogens is 368 g/mol. The van der Waals surface area contributed by atoms with Crippen LogP contribution in [0.15, 0.2) is 48.5 Å². The van der Waals surface area contributed by atoms with Gasteiger partial charge in [0.2, 0.25) is 5.91 Å². The summed E-state index contributed by atoms with van der Waals surface area (Å²) in [7, 11) is 0. The van der Waals surface area contributed by atoms with Crippen molar-refractivity contribution >= 4 is 23.5 Å². The van der Waals surface area contributed by atoms with E-state index in [4.69, 9.17) is 4.74 Å². The molecule has 0 aliphatic carbocycles. The number of hydrogen-bond acceptors (Lipinski definition) is 4. The van der Waals surface area contributed by atoms with Crippen LogP contribution in [0.5, 0.6) is 0 Å². The fourth-order valence-corrected chi connectivity index (χ4v) is 3.33. The zero-order valence-electron chi connectivity index (χ0n) is 16.8. The quantitative estimate of drug-likeness (QED) is 0.733. The number of amides is 2. The minimum Gasteiger partial charge on any atom is -0.455 e. The SMILES string of the molecule is Cc1ccc(NC(=O)COC(=O)[C@@H]2CC(=O)N(CCc3ccccc3)C2)cc1C. The monoisotopic (exact) mass is 394 g/mol. The second-order valence-electron chi connectivity index (χ2n) is 7.43. The molecule has 1 aliphatic rings. The summed E-state index contributed by atoms with van der Waals surface area (Å²) in [6.07, 6.45) is 0.874. The van der Waals surface area contributed by atoms with Gasteiger partial charge in [0.05, 0.1) is 5.92 Å². The van der Waals surface area contributed by atoms with Crippen molar-refractivity contribution in [1.82, 2.24) is 4.90 Å². The van der Waals surface area contributed by atoms with Crippen molar-refractivity contribution in [2.45, 2.75) is 26.7 Å². The molecule has 1 saturated heterocycles. The Labute approximate surface area is 170 Å². The maximum atomic E-state index is 12.3. The minimum absolute atomic E-state index is 0.0533. The lowest BCUT2D eigenvalue weighted by atomic mass is 10.1. The van der Waals surface area contributed by atoms with E-state index >= 15 is 0 Å². The first kappa shape index (κ1) is 20.6. The number of aryl methyl sites for hydroxylation is 2. The predicted octanol–water partition coefficient (Wildman–Crippen LogP) is 2.88. The Kier molecular flexibility index (Phi) is 6.65. The van der Waals surface area contributed by atoms with E-state index in [0.29, 0.717) is 18.8 Å². The summed E-state index contributed by atoms with van der Waals surface area (Å²) in [5, 5.41) is 2.72. The largest absolute Gasteiger partial charge is 0.455 e. The lowest BCUT2D eigenvalue weighted by Crippen LogP contribution is -2.29. The molecule has 0 spiro atoms. The van der Waals surface area contributed by atoms with Crippen molar-refractivity contribution in [2.24, 2.45) is 5.92 Å². The third-order valence-electron chi connectivity index (χ3n) is 5.20. The van der Waals surface area contributed by atoms with Crippen molar-refractivity contribution in [3.63, 3.8) is 0 Å². The van der Waals surface area contributed by atoms with Crippen molar-refractivity contribution in [3.8, 4) is 0 Å². The van der Waals surface area contributed by atoms with Gasteiger partial charge in [-0.15, -0.1) is 0 Å². The molecule has 1 N–H and O–H groups in total. The Morgan fingerprint density at radius 2 is 1.86 bits per heavy atom. The van der Waals surface area contributed by atoms with E-state index in [1.807, 2.05) is 62.4 Å². The number of rotatable bonds is 7. The lowest BCUT2D eigenvalue weighted by molar-refractivity contribution is -0.151. The van der Waals surface area contributed by atoms with Crippen LogP contribution in [-0.4, -0.2) is 42.4 Å². The van der Waals surface area contributed by atoms with Crippen LogP contribution < -0.4 is 5.32 Å². The molecule has 0 saturated carbocycles. The number of carbonyl (C=O) groups excluding carboxylic acids is 3. The first-order valence-electron chi connectivity index (χ1n) is 9.78. The van der Waals surface area contributed by atoms with Gasteiger partial charge in [0.25, 0.3) is 5.91 Å². The van der Waals surface area contributed by atoms with Crippen molar-refractivity contribution in [1.29, 1.82) is 0 Å². The van der Waals surface area contributed by atoms with E-state index in [1.54, 1.807) is 4.90 Å². The van der Waals surface area contributed by atoms with Gasteiger partial charge >= 0.3 is 5.97 Å². The number of benzene rings is 2. The molecule has 1 atom stereocenters. The highest BCUT2D eigenvalue weighted by atomic mass is 16.5. The van der Waals surface area contributed by atoms with Crippen LogP contribution in [0.2, 0.25) is 0 Å². The highest BCUT2D eigenvalue weighted by Gasteiger charge is 2.35. The summed E-state index contributed by atoms with van der Waals surface area (Å²) in [5.41, 5.74) is 4.02. The molecule has 29 heavy (non-hydrogen) atoms. The van der Waals surface area contributed by atoms with E-state index in [9.17, 15) is 14.4 Å². The Hall–Kier alpha value is -3.15. The van der Waals surface area contributed by atoms with E-state index in [0.717, 1.165) is 23.1 Å². The summed E-state index contributed by atoms with van der Waals surface area (Å²) in [4.78, 5) is 38.2. The van der Waals surface area contributed by atoms with Crippen molar-refractivity contribution < 1.29 is 19.1 Å². The van der Waals surface area contributed by atoms with Crippen LogP contribution in [0, 0.1) is 19.8 Å². The highest BCUT2D eigenvalue weighted by Crippen LogP contribution is 2.20. The van der Waals surface area contributed by atoms with Crippen molar-refractivity contribution in [2.75, 3.05) is 25.0 Å². The van der Waals surface area contributed by atoms with Gasteiger partial charge in [-0.1, -0.05) is 36.4 Å². The Morgan fingerprint density at radius 3 is 2.59 bits per heavy atom. The third kappa shape index (κ3) is 5.67. The second-order valence-corrected chi connectivity index (χ2v) is 7.43. The Morgan fingerprint density at radius 1 is 1.10 bits per heavy atom. The van der Waals surface area contributed by atoms with Crippen LogP contribution in [0.1, 0.15) is 23.1 Å². The number of anilines is 1. The van der Waals surface area contributed by atoms with Crippen molar-refractivity contribution in [3.05, 3.63) is 65.2 Å². The number of hydrogen-bond donors (Lipinski definition) is 1. The molecular formula is C23H26N2O4. The normalized spacial score (nSPS) is 16.0. The molecule has 2 amide bonds. The zero-order valence-corrected chi connectivity index (χ0v) is 16.8. The van der Waals surface area contributed by atoms with Gasteiger partial charge in [0.15, 0.2) is 6.61 Å². The number of likely N-dealkylation sites (tertiary alicyclic amines) is 1. The second kappa shape index (κ2) is 9.37. The molecule has 1 heterocycles. The van der Waals surface area contributed by atoms with Crippen LogP contribution in [-0.2, 0) is 25.5 Å². The summed E-state index contributed by atoms with van der Waals surface area (Å²) in [6, 6.07) is 15.5. The molecule has 6 nitrogen and oxygen atoms in total. The summed E-state index contributed by atoms with van der Waals surface area (Å²) in [5.74, 6) is -1.47. The molecule has 2 aromatic carbocycles. The zero-order chi connectivity index (χ0) is 20.8. The number of esters is 1. The van der Waals surface area contributed by atoms with E-state index in [-0.39, 0.29) is 18.9 Å². The summed E-state index contributed by atoms with van der Waals surface area (Å²) >= 11 is 0. The average molecular weight is 394 g/mol. The van der Waals surface area contributed by atoms with Gasteiger partial charge in [-0.05, 0) is 49.1 Å². The van der Waals surface area contributed by atoms with Crippen LogP contribution in [0.4, 0.5) is 5.69 Å². The lowest BCUT2D eigenvalue weighted by Gasteiger charge is -2.16. The third-order valence-corrected chi connectivity index (χ3v) is 5.20. The maximum Gasteiger partial charge on any atom is 0.311 e. The molecule has 3 rings (SSSR count). The first-order valence-corrected chi connectivity index (χ1v) is 9.78. The van der Waals surface area contributed by atoms with E-state index in [2.05, 4.69) is 5.32 Å². The fourth-order valence-electron chi connectivity index (χ4n) is 3.33. The van der Waals surface area contributed by atoms with Gasteiger partial charge in [-0.3, -0.25) is 14.4 Å². The topological polar surface area (TPSA) is 75.7 Å². The maximum absolute atomic E-state index is 12.3. The summed E-state index contributed by atoms with van der Waals surface area (Å²) in [6.45, 7) is 4.50.